The van der Waals surface area contributed by atoms with E-state index in [9.17, 15) is 4.79 Å². The van der Waals surface area contributed by atoms with Crippen molar-refractivity contribution in [1.82, 2.24) is 30.1 Å². The molecule has 2 aromatic carbocycles. The number of benzene rings is 2. The number of para-hydroxylation sites is 1. The summed E-state index contributed by atoms with van der Waals surface area (Å²) in [5, 5.41) is 13.8. The second-order valence-corrected chi connectivity index (χ2v) is 9.33. The number of nitrogens with one attached hydrogen (secondary N) is 1. The minimum absolute atomic E-state index is 0.0563. The van der Waals surface area contributed by atoms with Crippen LogP contribution in [0.15, 0.2) is 59.4 Å². The zero-order valence-electron chi connectivity index (χ0n) is 20.4. The van der Waals surface area contributed by atoms with Crippen LogP contribution in [0.3, 0.4) is 0 Å². The van der Waals surface area contributed by atoms with Crippen molar-refractivity contribution in [3.63, 3.8) is 0 Å². The normalized spacial score (nSPS) is 16.8. The summed E-state index contributed by atoms with van der Waals surface area (Å²) in [6, 6.07) is 18.4. The van der Waals surface area contributed by atoms with E-state index in [0.29, 0.717) is 19.6 Å². The van der Waals surface area contributed by atoms with Crippen molar-refractivity contribution in [2.45, 2.75) is 64.9 Å². The summed E-state index contributed by atoms with van der Waals surface area (Å²) in [4.78, 5) is 18.5. The van der Waals surface area contributed by atoms with Gasteiger partial charge in [-0.1, -0.05) is 55.5 Å². The number of nitrogens with zero attached hydrogens (tertiary/aromatic N) is 5. The highest BCUT2D eigenvalue weighted by Crippen LogP contribution is 2.27. The molecular weight excluding hydrogens is 440 g/mol. The maximum absolute atomic E-state index is 13.1. The monoisotopic (exact) mass is 472 g/mol. The summed E-state index contributed by atoms with van der Waals surface area (Å²) in [5.41, 5.74) is 3.81. The van der Waals surface area contributed by atoms with E-state index in [2.05, 4.69) is 44.5 Å². The highest BCUT2D eigenvalue weighted by molar-refractivity contribution is 5.81. The molecule has 0 saturated carbocycles. The molecule has 1 N–H and O–H groups in total. The van der Waals surface area contributed by atoms with Crippen LogP contribution in [0.1, 0.15) is 54.7 Å². The number of rotatable bonds is 9. The number of pyridine rings is 1. The predicted octanol–water partition coefficient (Wildman–Crippen LogP) is 4.16. The van der Waals surface area contributed by atoms with E-state index in [-0.39, 0.29) is 17.7 Å². The van der Waals surface area contributed by atoms with Crippen LogP contribution in [-0.2, 0) is 24.4 Å². The Morgan fingerprint density at radius 1 is 1.17 bits per heavy atom. The molecule has 8 heteroatoms. The first kappa shape index (κ1) is 23.4. The maximum Gasteiger partial charge on any atom is 0.252 e. The minimum atomic E-state index is -0.0568. The lowest BCUT2D eigenvalue weighted by atomic mass is 10.1. The van der Waals surface area contributed by atoms with Crippen LogP contribution >= 0.6 is 0 Å². The Hall–Kier alpha value is -3.36. The highest BCUT2D eigenvalue weighted by atomic mass is 16.5. The van der Waals surface area contributed by atoms with Crippen LogP contribution in [0.4, 0.5) is 0 Å². The van der Waals surface area contributed by atoms with E-state index in [1.54, 1.807) is 0 Å². The van der Waals surface area contributed by atoms with Crippen molar-refractivity contribution in [2.24, 2.45) is 0 Å². The zero-order valence-corrected chi connectivity index (χ0v) is 20.4. The van der Waals surface area contributed by atoms with Crippen molar-refractivity contribution < 1.29 is 4.74 Å². The van der Waals surface area contributed by atoms with Crippen LogP contribution in [0, 0.1) is 6.92 Å². The van der Waals surface area contributed by atoms with Gasteiger partial charge >= 0.3 is 0 Å². The maximum atomic E-state index is 13.1. The number of hydrogen-bond donors (Lipinski definition) is 1. The summed E-state index contributed by atoms with van der Waals surface area (Å²) < 4.78 is 7.72. The summed E-state index contributed by atoms with van der Waals surface area (Å²) in [6.45, 7) is 6.76. The Balaban J connectivity index is 1.50. The van der Waals surface area contributed by atoms with Gasteiger partial charge in [-0.15, -0.1) is 5.10 Å². The Labute approximate surface area is 204 Å². The number of fused-ring (bicyclic) bond motifs is 1. The second kappa shape index (κ2) is 10.5. The highest BCUT2D eigenvalue weighted by Gasteiger charge is 2.28. The van der Waals surface area contributed by atoms with Gasteiger partial charge in [-0.3, -0.25) is 9.69 Å². The molecule has 5 rings (SSSR count). The standard InChI is InChI=1S/C27H32N6O2/c1-3-24(26-29-30-31-33(26)18-23-13-8-14-35-23)32(16-20-10-5-4-6-11-20)17-22-15-21-12-7-9-19(2)25(21)28-27(22)34/h4-7,9-12,15,23-24H,3,8,13-14,16-18H2,1-2H3,(H,28,34)/t23-,24-/m1/s1. The zero-order chi connectivity index (χ0) is 24.2. The number of hydrogen-bond acceptors (Lipinski definition) is 6. The number of H-pyrrole nitrogens is 1. The fraction of sp³-hybridized carbons (Fsp3) is 0.407. The summed E-state index contributed by atoms with van der Waals surface area (Å²) in [5.74, 6) is 0.812. The molecule has 1 fully saturated rings. The van der Waals surface area contributed by atoms with Gasteiger partial charge in [0.05, 0.1) is 24.2 Å². The Morgan fingerprint density at radius 2 is 2.03 bits per heavy atom. The molecule has 2 aromatic heterocycles. The largest absolute Gasteiger partial charge is 0.376 e. The number of aryl methyl sites for hydroxylation is 1. The van der Waals surface area contributed by atoms with Crippen molar-refractivity contribution in [3.8, 4) is 0 Å². The molecule has 35 heavy (non-hydrogen) atoms. The summed E-state index contributed by atoms with van der Waals surface area (Å²) >= 11 is 0. The molecule has 4 aromatic rings. The molecule has 1 aliphatic rings. The van der Waals surface area contributed by atoms with E-state index in [1.807, 2.05) is 54.1 Å². The van der Waals surface area contributed by atoms with Crippen molar-refractivity contribution in [2.75, 3.05) is 6.61 Å². The number of aromatic nitrogens is 5. The number of tetrazole rings is 1. The molecule has 3 heterocycles. The fourth-order valence-electron chi connectivity index (χ4n) is 5.02. The van der Waals surface area contributed by atoms with E-state index in [4.69, 9.17) is 4.74 Å². The van der Waals surface area contributed by atoms with Crippen LogP contribution in [-0.4, -0.2) is 42.8 Å². The predicted molar refractivity (Wildman–Crippen MR) is 135 cm³/mol. The average molecular weight is 473 g/mol. The molecule has 1 saturated heterocycles. The lowest BCUT2D eigenvalue weighted by Crippen LogP contribution is -2.33. The van der Waals surface area contributed by atoms with Crippen LogP contribution in [0.5, 0.6) is 0 Å². The Kier molecular flexibility index (Phi) is 7.01. The van der Waals surface area contributed by atoms with E-state index in [1.165, 1.54) is 5.56 Å². The topological polar surface area (TPSA) is 88.9 Å². The lowest BCUT2D eigenvalue weighted by Gasteiger charge is -2.30. The van der Waals surface area contributed by atoms with E-state index in [0.717, 1.165) is 53.7 Å². The minimum Gasteiger partial charge on any atom is -0.376 e. The van der Waals surface area contributed by atoms with Crippen molar-refractivity contribution >= 4 is 10.9 Å². The molecule has 0 bridgehead atoms. The number of ether oxygens (including phenoxy) is 1. The van der Waals surface area contributed by atoms with Gasteiger partial charge in [0.2, 0.25) is 0 Å². The molecule has 0 spiro atoms. The van der Waals surface area contributed by atoms with Gasteiger partial charge in [-0.05, 0) is 59.2 Å². The number of aromatic amines is 1. The third-order valence-electron chi connectivity index (χ3n) is 6.85. The molecule has 8 nitrogen and oxygen atoms in total. The second-order valence-electron chi connectivity index (χ2n) is 9.33. The first-order valence-electron chi connectivity index (χ1n) is 12.4. The van der Waals surface area contributed by atoms with Crippen LogP contribution < -0.4 is 5.56 Å². The Bertz CT molecular complexity index is 1330. The van der Waals surface area contributed by atoms with Crippen molar-refractivity contribution in [3.05, 3.63) is 87.5 Å². The molecule has 0 radical (unpaired) electrons. The van der Waals surface area contributed by atoms with Crippen LogP contribution in [0.25, 0.3) is 10.9 Å². The fourth-order valence-corrected chi connectivity index (χ4v) is 5.02. The van der Waals surface area contributed by atoms with E-state index < -0.39 is 0 Å². The van der Waals surface area contributed by atoms with Gasteiger partial charge in [-0.25, -0.2) is 4.68 Å². The van der Waals surface area contributed by atoms with Crippen molar-refractivity contribution in [1.29, 1.82) is 0 Å². The quantitative estimate of drug-likeness (QED) is 0.394. The molecule has 0 amide bonds. The van der Waals surface area contributed by atoms with Gasteiger partial charge in [0, 0.05) is 25.3 Å². The SMILES string of the molecule is CC[C@H](c1nnnn1C[C@H]1CCCO1)N(Cc1ccccc1)Cc1cc2cccc(C)c2[nH]c1=O. The van der Waals surface area contributed by atoms with Gasteiger partial charge in [0.1, 0.15) is 0 Å². The smallest absolute Gasteiger partial charge is 0.252 e. The summed E-state index contributed by atoms with van der Waals surface area (Å²) in [7, 11) is 0. The van der Waals surface area contributed by atoms with Crippen LogP contribution in [0.2, 0.25) is 0 Å². The third kappa shape index (κ3) is 5.18. The van der Waals surface area contributed by atoms with Gasteiger partial charge in [0.25, 0.3) is 5.56 Å². The first-order valence-corrected chi connectivity index (χ1v) is 12.4. The summed E-state index contributed by atoms with van der Waals surface area (Å²) in [6.07, 6.45) is 3.05. The van der Waals surface area contributed by atoms with E-state index >= 15 is 0 Å². The molecular formula is C27H32N6O2. The Morgan fingerprint density at radius 3 is 2.80 bits per heavy atom. The molecule has 0 aliphatic carbocycles. The lowest BCUT2D eigenvalue weighted by molar-refractivity contribution is 0.0888. The molecule has 0 unspecified atom stereocenters. The third-order valence-corrected chi connectivity index (χ3v) is 6.85. The molecule has 2 atom stereocenters. The molecule has 1 aliphatic heterocycles. The van der Waals surface area contributed by atoms with Gasteiger partial charge < -0.3 is 9.72 Å². The van der Waals surface area contributed by atoms with Gasteiger partial charge in [0.15, 0.2) is 5.82 Å². The average Bonchev–Trinajstić information content (AvgIpc) is 3.54. The van der Waals surface area contributed by atoms with Gasteiger partial charge in [-0.2, -0.15) is 0 Å². The first-order chi connectivity index (χ1) is 17.1. The molecule has 182 valence electrons.